The van der Waals surface area contributed by atoms with Gasteiger partial charge in [-0.05, 0) is 52.2 Å². The van der Waals surface area contributed by atoms with Crippen molar-refractivity contribution < 1.29 is 14.6 Å². The highest BCUT2D eigenvalue weighted by atomic mass is 16.5. The van der Waals surface area contributed by atoms with E-state index in [4.69, 9.17) is 19.4 Å². The molecular formula is C25H35N5O3. The molecule has 0 bridgehead atoms. The quantitative estimate of drug-likeness (QED) is 0.523. The van der Waals surface area contributed by atoms with E-state index in [0.717, 1.165) is 61.3 Å². The van der Waals surface area contributed by atoms with Crippen molar-refractivity contribution in [2.24, 2.45) is 0 Å². The van der Waals surface area contributed by atoms with Gasteiger partial charge >= 0.3 is 0 Å². The predicted molar refractivity (Wildman–Crippen MR) is 130 cm³/mol. The zero-order valence-electron chi connectivity index (χ0n) is 20.0. The fraction of sp³-hybridized carbons (Fsp3) is 0.560. The summed E-state index contributed by atoms with van der Waals surface area (Å²) in [4.78, 5) is 9.82. The zero-order valence-corrected chi connectivity index (χ0v) is 20.0. The molecule has 0 saturated carbocycles. The molecule has 2 aromatic heterocycles. The Balaban J connectivity index is 1.70. The molecule has 33 heavy (non-hydrogen) atoms. The lowest BCUT2D eigenvalue weighted by atomic mass is 10.1. The van der Waals surface area contributed by atoms with Gasteiger partial charge < -0.3 is 19.9 Å². The van der Waals surface area contributed by atoms with Gasteiger partial charge in [-0.15, -0.1) is 0 Å². The molecule has 3 heterocycles. The molecule has 1 fully saturated rings. The number of fused-ring (bicyclic) bond motifs is 1. The molecular weight excluding hydrogens is 418 g/mol. The number of aliphatic hydroxyl groups excluding tert-OH is 1. The van der Waals surface area contributed by atoms with Gasteiger partial charge in [-0.3, -0.25) is 0 Å². The second-order valence-corrected chi connectivity index (χ2v) is 9.67. The van der Waals surface area contributed by atoms with Crippen molar-refractivity contribution in [3.05, 3.63) is 30.5 Å². The number of rotatable bonds is 8. The maximum atomic E-state index is 10.0. The minimum absolute atomic E-state index is 0.219. The van der Waals surface area contributed by atoms with E-state index < -0.39 is 6.10 Å². The fourth-order valence-electron chi connectivity index (χ4n) is 4.01. The van der Waals surface area contributed by atoms with Crippen LogP contribution < -0.4 is 10.1 Å². The third-order valence-corrected chi connectivity index (χ3v) is 5.78. The van der Waals surface area contributed by atoms with Crippen molar-refractivity contribution in [3.63, 3.8) is 0 Å². The van der Waals surface area contributed by atoms with Crippen LogP contribution in [0, 0.1) is 0 Å². The number of nitrogens with zero attached hydrogens (tertiary/aromatic N) is 4. The summed E-state index contributed by atoms with van der Waals surface area (Å²) in [5, 5.41) is 19.2. The summed E-state index contributed by atoms with van der Waals surface area (Å²) in [7, 11) is 0. The van der Waals surface area contributed by atoms with E-state index in [9.17, 15) is 5.11 Å². The summed E-state index contributed by atoms with van der Waals surface area (Å²) < 4.78 is 13.3. The third kappa shape index (κ3) is 5.62. The number of hydrogen-bond acceptors (Lipinski definition) is 7. The number of aliphatic hydroxyl groups is 1. The highest BCUT2D eigenvalue weighted by Gasteiger charge is 2.23. The molecule has 8 heteroatoms. The van der Waals surface area contributed by atoms with Gasteiger partial charge in [-0.2, -0.15) is 5.10 Å². The van der Waals surface area contributed by atoms with Gasteiger partial charge in [-0.1, -0.05) is 25.5 Å². The summed E-state index contributed by atoms with van der Waals surface area (Å²) in [5.41, 5.74) is 1.44. The highest BCUT2D eigenvalue weighted by Crippen LogP contribution is 2.30. The van der Waals surface area contributed by atoms with E-state index in [-0.39, 0.29) is 12.1 Å². The molecule has 1 atom stereocenters. The number of benzene rings is 1. The van der Waals surface area contributed by atoms with E-state index in [1.807, 2.05) is 42.1 Å². The lowest BCUT2D eigenvalue weighted by Crippen LogP contribution is -2.28. The highest BCUT2D eigenvalue weighted by molar-refractivity contribution is 5.88. The van der Waals surface area contributed by atoms with Crippen LogP contribution in [-0.4, -0.2) is 56.8 Å². The van der Waals surface area contributed by atoms with Crippen LogP contribution in [0.1, 0.15) is 53.4 Å². The van der Waals surface area contributed by atoms with Crippen molar-refractivity contribution in [2.45, 2.75) is 71.1 Å². The molecule has 1 saturated heterocycles. The SMILES string of the molecule is CCCC(O)COc1cccc(-c2nc(NC3CCOCC3)c3cnn(C(C)(C)C)c3n2)c1. The molecule has 0 amide bonds. The van der Waals surface area contributed by atoms with Crippen LogP contribution in [0.4, 0.5) is 5.82 Å². The minimum Gasteiger partial charge on any atom is -0.491 e. The predicted octanol–water partition coefficient (Wildman–Crippen LogP) is 4.38. The van der Waals surface area contributed by atoms with Crippen LogP contribution in [0.2, 0.25) is 0 Å². The van der Waals surface area contributed by atoms with E-state index in [1.54, 1.807) is 0 Å². The molecule has 0 aliphatic carbocycles. The summed E-state index contributed by atoms with van der Waals surface area (Å²) in [5.74, 6) is 2.10. The van der Waals surface area contributed by atoms with Gasteiger partial charge in [0.2, 0.25) is 0 Å². The average Bonchev–Trinajstić information content (AvgIpc) is 3.24. The fourth-order valence-corrected chi connectivity index (χ4v) is 4.01. The van der Waals surface area contributed by atoms with Gasteiger partial charge in [0.1, 0.15) is 18.2 Å². The minimum atomic E-state index is -0.470. The Morgan fingerprint density at radius 1 is 1.24 bits per heavy atom. The maximum absolute atomic E-state index is 10.0. The van der Waals surface area contributed by atoms with Gasteiger partial charge in [0, 0.05) is 24.8 Å². The van der Waals surface area contributed by atoms with Gasteiger partial charge in [0.15, 0.2) is 11.5 Å². The maximum Gasteiger partial charge on any atom is 0.164 e. The molecule has 3 aromatic rings. The summed E-state index contributed by atoms with van der Waals surface area (Å²) in [6.07, 6.45) is 4.90. The number of nitrogens with one attached hydrogen (secondary N) is 1. The Kier molecular flexibility index (Phi) is 7.14. The van der Waals surface area contributed by atoms with Crippen molar-refractivity contribution in [2.75, 3.05) is 25.1 Å². The van der Waals surface area contributed by atoms with Crippen molar-refractivity contribution >= 4 is 16.9 Å². The first-order chi connectivity index (χ1) is 15.8. The molecule has 1 aromatic carbocycles. The lowest BCUT2D eigenvalue weighted by molar-refractivity contribution is 0.0904. The molecule has 0 radical (unpaired) electrons. The van der Waals surface area contributed by atoms with E-state index in [2.05, 4.69) is 31.2 Å². The Hall–Kier alpha value is -2.71. The Morgan fingerprint density at radius 3 is 2.76 bits per heavy atom. The summed E-state index contributed by atoms with van der Waals surface area (Å²) >= 11 is 0. The average molecular weight is 454 g/mol. The number of aromatic nitrogens is 4. The summed E-state index contributed by atoms with van der Waals surface area (Å²) in [6, 6.07) is 8.03. The molecule has 4 rings (SSSR count). The van der Waals surface area contributed by atoms with Crippen molar-refractivity contribution in [1.82, 2.24) is 19.7 Å². The monoisotopic (exact) mass is 453 g/mol. The van der Waals surface area contributed by atoms with Crippen LogP contribution in [0.3, 0.4) is 0 Å². The van der Waals surface area contributed by atoms with E-state index in [1.165, 1.54) is 0 Å². The molecule has 1 aliphatic rings. The van der Waals surface area contributed by atoms with E-state index >= 15 is 0 Å². The van der Waals surface area contributed by atoms with Gasteiger partial charge in [0.05, 0.1) is 23.2 Å². The van der Waals surface area contributed by atoms with Crippen LogP contribution >= 0.6 is 0 Å². The van der Waals surface area contributed by atoms with Crippen molar-refractivity contribution in [3.8, 4) is 17.1 Å². The smallest absolute Gasteiger partial charge is 0.164 e. The molecule has 178 valence electrons. The largest absolute Gasteiger partial charge is 0.491 e. The van der Waals surface area contributed by atoms with Gasteiger partial charge in [-0.25, -0.2) is 14.6 Å². The third-order valence-electron chi connectivity index (χ3n) is 5.78. The number of ether oxygens (including phenoxy) is 2. The summed E-state index contributed by atoms with van der Waals surface area (Å²) in [6.45, 7) is 10.2. The van der Waals surface area contributed by atoms with Crippen LogP contribution in [0.15, 0.2) is 30.5 Å². The first-order valence-corrected chi connectivity index (χ1v) is 11.9. The standard InChI is InChI=1S/C25H35N5O3/c1-5-7-19(31)16-33-20-9-6-8-17(14-20)22-28-23(27-18-10-12-32-13-11-18)21-15-26-30(24(21)29-22)25(2,3)4/h6,8-9,14-15,18-19,31H,5,7,10-13,16H2,1-4H3,(H,27,28,29). The first kappa shape index (κ1) is 23.4. The normalized spacial score (nSPS) is 16.2. The number of anilines is 1. The topological polar surface area (TPSA) is 94.3 Å². The second kappa shape index (κ2) is 10.1. The van der Waals surface area contributed by atoms with Crippen LogP contribution in [-0.2, 0) is 10.3 Å². The van der Waals surface area contributed by atoms with E-state index in [0.29, 0.717) is 17.6 Å². The first-order valence-electron chi connectivity index (χ1n) is 11.9. The Morgan fingerprint density at radius 2 is 2.03 bits per heavy atom. The lowest BCUT2D eigenvalue weighted by Gasteiger charge is -2.24. The second-order valence-electron chi connectivity index (χ2n) is 9.67. The van der Waals surface area contributed by atoms with Gasteiger partial charge in [0.25, 0.3) is 0 Å². The van der Waals surface area contributed by atoms with Crippen LogP contribution in [0.25, 0.3) is 22.4 Å². The zero-order chi connectivity index (χ0) is 23.4. The van der Waals surface area contributed by atoms with Crippen LogP contribution in [0.5, 0.6) is 5.75 Å². The molecule has 8 nitrogen and oxygen atoms in total. The molecule has 1 aliphatic heterocycles. The number of hydrogen-bond donors (Lipinski definition) is 2. The molecule has 2 N–H and O–H groups in total. The molecule has 1 unspecified atom stereocenters. The van der Waals surface area contributed by atoms with Crippen molar-refractivity contribution in [1.29, 1.82) is 0 Å². The Bertz CT molecular complexity index is 1070. The Labute approximate surface area is 195 Å². The molecule has 0 spiro atoms.